The highest BCUT2D eigenvalue weighted by Gasteiger charge is 2.42. The van der Waals surface area contributed by atoms with Gasteiger partial charge in [0.25, 0.3) is 0 Å². The summed E-state index contributed by atoms with van der Waals surface area (Å²) in [6, 6.07) is 0. The van der Waals surface area contributed by atoms with E-state index in [4.69, 9.17) is 4.74 Å². The van der Waals surface area contributed by atoms with Crippen LogP contribution >= 0.6 is 11.3 Å². The van der Waals surface area contributed by atoms with E-state index in [1.54, 1.807) is 18.4 Å². The molecular weight excluding hydrogens is 232 g/mol. The van der Waals surface area contributed by atoms with Crippen LogP contribution in [0.15, 0.2) is 5.38 Å². The number of rotatable bonds is 4. The van der Waals surface area contributed by atoms with Crippen molar-refractivity contribution in [3.05, 3.63) is 16.1 Å². The Morgan fingerprint density at radius 2 is 2.35 bits per heavy atom. The van der Waals surface area contributed by atoms with Crippen LogP contribution in [-0.2, 0) is 17.9 Å². The van der Waals surface area contributed by atoms with Gasteiger partial charge in [-0.15, -0.1) is 11.3 Å². The van der Waals surface area contributed by atoms with Gasteiger partial charge in [0.15, 0.2) is 0 Å². The number of ether oxygens (including phenoxy) is 1. The van der Waals surface area contributed by atoms with Crippen molar-refractivity contribution < 1.29 is 4.74 Å². The standard InChI is InChI=1S/C13H20N2OS/c1-16-8-12-14-11(9-17-12)7-15-6-5-13(10-15)3-2-4-13/h9H,2-8,10H2,1H3. The zero-order valence-electron chi connectivity index (χ0n) is 10.4. The molecule has 2 heterocycles. The number of methoxy groups -OCH3 is 1. The van der Waals surface area contributed by atoms with Gasteiger partial charge in [0.2, 0.25) is 0 Å². The zero-order valence-corrected chi connectivity index (χ0v) is 11.3. The minimum atomic E-state index is 0.647. The summed E-state index contributed by atoms with van der Waals surface area (Å²) in [5.41, 5.74) is 1.92. The molecule has 0 amide bonds. The Balaban J connectivity index is 1.56. The average Bonchev–Trinajstić information content (AvgIpc) is 2.86. The smallest absolute Gasteiger partial charge is 0.119 e. The monoisotopic (exact) mass is 252 g/mol. The highest BCUT2D eigenvalue weighted by atomic mass is 32.1. The van der Waals surface area contributed by atoms with Crippen LogP contribution in [0.1, 0.15) is 36.4 Å². The molecule has 1 aromatic heterocycles. The first-order valence-electron chi connectivity index (χ1n) is 6.44. The first-order valence-corrected chi connectivity index (χ1v) is 7.32. The molecule has 1 aromatic rings. The Morgan fingerprint density at radius 3 is 3.00 bits per heavy atom. The van der Waals surface area contributed by atoms with Crippen molar-refractivity contribution >= 4 is 11.3 Å². The Labute approximate surface area is 107 Å². The fraction of sp³-hybridized carbons (Fsp3) is 0.769. The Morgan fingerprint density at radius 1 is 1.47 bits per heavy atom. The van der Waals surface area contributed by atoms with Gasteiger partial charge >= 0.3 is 0 Å². The van der Waals surface area contributed by atoms with Gasteiger partial charge in [-0.1, -0.05) is 6.42 Å². The van der Waals surface area contributed by atoms with E-state index in [-0.39, 0.29) is 0 Å². The molecule has 1 aliphatic carbocycles. The highest BCUT2D eigenvalue weighted by Crippen LogP contribution is 2.48. The van der Waals surface area contributed by atoms with Crippen molar-refractivity contribution in [2.75, 3.05) is 20.2 Å². The first-order chi connectivity index (χ1) is 8.30. The molecule has 4 heteroatoms. The molecule has 1 saturated heterocycles. The number of likely N-dealkylation sites (tertiary alicyclic amines) is 1. The van der Waals surface area contributed by atoms with Gasteiger partial charge in [-0.3, -0.25) is 4.90 Å². The van der Waals surface area contributed by atoms with Gasteiger partial charge in [0.1, 0.15) is 5.01 Å². The van der Waals surface area contributed by atoms with Gasteiger partial charge in [-0.2, -0.15) is 0 Å². The molecule has 17 heavy (non-hydrogen) atoms. The Bertz CT molecular complexity index is 387. The summed E-state index contributed by atoms with van der Waals surface area (Å²) in [7, 11) is 1.72. The third-order valence-corrected chi connectivity index (χ3v) is 5.06. The number of nitrogens with zero attached hydrogens (tertiary/aromatic N) is 2. The van der Waals surface area contributed by atoms with Crippen molar-refractivity contribution in [2.24, 2.45) is 5.41 Å². The fourth-order valence-corrected chi connectivity index (χ4v) is 3.84. The quantitative estimate of drug-likeness (QED) is 0.824. The normalized spacial score (nSPS) is 23.1. The van der Waals surface area contributed by atoms with Crippen LogP contribution in [0.5, 0.6) is 0 Å². The summed E-state index contributed by atoms with van der Waals surface area (Å²) in [4.78, 5) is 7.18. The van der Waals surface area contributed by atoms with E-state index < -0.39 is 0 Å². The van der Waals surface area contributed by atoms with Crippen LogP contribution in [0, 0.1) is 5.41 Å². The maximum absolute atomic E-state index is 5.11. The lowest BCUT2D eigenvalue weighted by Gasteiger charge is -2.38. The van der Waals surface area contributed by atoms with Crippen molar-refractivity contribution in [2.45, 2.75) is 38.8 Å². The van der Waals surface area contributed by atoms with E-state index in [1.807, 2.05) is 0 Å². The molecule has 3 rings (SSSR count). The van der Waals surface area contributed by atoms with Crippen LogP contribution in [-0.4, -0.2) is 30.1 Å². The highest BCUT2D eigenvalue weighted by molar-refractivity contribution is 7.09. The van der Waals surface area contributed by atoms with E-state index in [0.29, 0.717) is 12.0 Å². The minimum Gasteiger partial charge on any atom is -0.378 e. The molecule has 0 atom stereocenters. The molecule has 0 radical (unpaired) electrons. The minimum absolute atomic E-state index is 0.647. The maximum atomic E-state index is 5.11. The second-order valence-electron chi connectivity index (χ2n) is 5.48. The van der Waals surface area contributed by atoms with Crippen LogP contribution in [0.3, 0.4) is 0 Å². The zero-order chi connectivity index (χ0) is 11.7. The van der Waals surface area contributed by atoms with E-state index in [9.17, 15) is 0 Å². The Hall–Kier alpha value is -0.450. The largest absolute Gasteiger partial charge is 0.378 e. The second-order valence-corrected chi connectivity index (χ2v) is 6.42. The van der Waals surface area contributed by atoms with E-state index in [0.717, 1.165) is 11.6 Å². The number of aromatic nitrogens is 1. The molecule has 0 unspecified atom stereocenters. The lowest BCUT2D eigenvalue weighted by atomic mass is 9.68. The van der Waals surface area contributed by atoms with Gasteiger partial charge in [-0.05, 0) is 31.2 Å². The summed E-state index contributed by atoms with van der Waals surface area (Å²) in [6.45, 7) is 4.23. The third-order valence-electron chi connectivity index (χ3n) is 4.18. The van der Waals surface area contributed by atoms with E-state index in [2.05, 4.69) is 15.3 Å². The van der Waals surface area contributed by atoms with Crippen molar-refractivity contribution in [3.63, 3.8) is 0 Å². The number of hydrogen-bond acceptors (Lipinski definition) is 4. The van der Waals surface area contributed by atoms with Gasteiger partial charge < -0.3 is 4.74 Å². The molecule has 0 aromatic carbocycles. The van der Waals surface area contributed by atoms with Crippen LogP contribution < -0.4 is 0 Å². The molecule has 2 aliphatic rings. The molecular formula is C13H20N2OS. The molecule has 1 aliphatic heterocycles. The number of thiazole rings is 1. The van der Waals surface area contributed by atoms with Crippen LogP contribution in [0.4, 0.5) is 0 Å². The molecule has 94 valence electrons. The van der Waals surface area contributed by atoms with Gasteiger partial charge in [-0.25, -0.2) is 4.98 Å². The molecule has 1 spiro atoms. The Kier molecular flexibility index (Phi) is 3.19. The first kappa shape index (κ1) is 11.6. The summed E-state index contributed by atoms with van der Waals surface area (Å²) < 4.78 is 5.11. The summed E-state index contributed by atoms with van der Waals surface area (Å²) in [6.07, 6.45) is 5.76. The van der Waals surface area contributed by atoms with Crippen LogP contribution in [0.2, 0.25) is 0 Å². The third kappa shape index (κ3) is 2.39. The average molecular weight is 252 g/mol. The van der Waals surface area contributed by atoms with E-state index >= 15 is 0 Å². The SMILES string of the molecule is COCc1nc(CN2CCC3(CCC3)C2)cs1. The lowest BCUT2D eigenvalue weighted by molar-refractivity contribution is 0.137. The van der Waals surface area contributed by atoms with Crippen molar-refractivity contribution in [1.29, 1.82) is 0 Å². The summed E-state index contributed by atoms with van der Waals surface area (Å²) >= 11 is 1.71. The predicted octanol–water partition coefficient (Wildman–Crippen LogP) is 2.67. The number of hydrogen-bond donors (Lipinski definition) is 0. The van der Waals surface area contributed by atoms with E-state index in [1.165, 1.54) is 44.5 Å². The molecule has 3 nitrogen and oxygen atoms in total. The predicted molar refractivity (Wildman–Crippen MR) is 69.0 cm³/mol. The molecule has 0 N–H and O–H groups in total. The lowest BCUT2D eigenvalue weighted by Crippen LogP contribution is -2.32. The van der Waals surface area contributed by atoms with Gasteiger partial charge in [0.05, 0.1) is 12.3 Å². The molecule has 2 fully saturated rings. The van der Waals surface area contributed by atoms with Crippen molar-refractivity contribution in [1.82, 2.24) is 9.88 Å². The maximum Gasteiger partial charge on any atom is 0.119 e. The topological polar surface area (TPSA) is 25.4 Å². The summed E-state index contributed by atoms with van der Waals surface area (Å²) in [5.74, 6) is 0. The van der Waals surface area contributed by atoms with Gasteiger partial charge in [0, 0.05) is 25.6 Å². The summed E-state index contributed by atoms with van der Waals surface area (Å²) in [5, 5.41) is 3.28. The molecule has 1 saturated carbocycles. The van der Waals surface area contributed by atoms with Crippen LogP contribution in [0.25, 0.3) is 0 Å². The fourth-order valence-electron chi connectivity index (χ4n) is 3.09. The second kappa shape index (κ2) is 4.67. The van der Waals surface area contributed by atoms with Crippen molar-refractivity contribution in [3.8, 4) is 0 Å². The molecule has 0 bridgehead atoms.